The highest BCUT2D eigenvalue weighted by atomic mass is 16.4. The van der Waals surface area contributed by atoms with E-state index in [-0.39, 0.29) is 17.6 Å². The minimum absolute atomic E-state index is 0.0318. The number of aromatic nitrogens is 1. The van der Waals surface area contributed by atoms with E-state index < -0.39 is 5.97 Å². The van der Waals surface area contributed by atoms with Crippen LogP contribution < -0.4 is 0 Å². The molecule has 1 aromatic carbocycles. The summed E-state index contributed by atoms with van der Waals surface area (Å²) in [5.74, 6) is -1.19. The molecular weight excluding hydrogens is 328 g/mol. The third kappa shape index (κ3) is 4.36. The quantitative estimate of drug-likeness (QED) is 0.908. The van der Waals surface area contributed by atoms with Crippen LogP contribution in [0, 0.1) is 0 Å². The third-order valence-corrected chi connectivity index (χ3v) is 4.60. The summed E-state index contributed by atoms with van der Waals surface area (Å²) < 4.78 is 0. The number of carbonyl (C=O) groups excluding carboxylic acids is 1. The molecule has 1 aliphatic rings. The first-order valence-corrected chi connectivity index (χ1v) is 8.89. The number of nitrogens with zero attached hydrogens (tertiary/aromatic N) is 2. The maximum absolute atomic E-state index is 13.0. The Bertz CT molecular complexity index is 785. The molecule has 5 nitrogen and oxygen atoms in total. The zero-order valence-corrected chi connectivity index (χ0v) is 14.5. The van der Waals surface area contributed by atoms with Gasteiger partial charge in [-0.05, 0) is 30.5 Å². The number of carbonyl (C=O) groups is 2. The van der Waals surface area contributed by atoms with Crippen LogP contribution in [0.3, 0.4) is 0 Å². The third-order valence-electron chi connectivity index (χ3n) is 4.60. The number of aromatic carboxylic acids is 1. The molecule has 1 saturated heterocycles. The molecule has 5 heteroatoms. The van der Waals surface area contributed by atoms with Crippen molar-refractivity contribution in [3.05, 3.63) is 71.6 Å². The minimum Gasteiger partial charge on any atom is -0.477 e. The first kappa shape index (κ1) is 17.9. The van der Waals surface area contributed by atoms with Gasteiger partial charge in [-0.2, -0.15) is 0 Å². The van der Waals surface area contributed by atoms with Crippen molar-refractivity contribution in [2.75, 3.05) is 6.54 Å². The van der Waals surface area contributed by atoms with Crippen molar-refractivity contribution in [1.82, 2.24) is 9.88 Å². The Balaban J connectivity index is 1.80. The first-order valence-electron chi connectivity index (χ1n) is 8.89. The van der Waals surface area contributed by atoms with Crippen molar-refractivity contribution in [3.63, 3.8) is 0 Å². The molecular formula is C21H22N2O3. The van der Waals surface area contributed by atoms with E-state index >= 15 is 0 Å². The summed E-state index contributed by atoms with van der Waals surface area (Å²) in [6, 6.07) is 13.0. The van der Waals surface area contributed by atoms with E-state index in [1.165, 1.54) is 12.3 Å². The van der Waals surface area contributed by atoms with E-state index in [1.54, 1.807) is 6.07 Å². The van der Waals surface area contributed by atoms with E-state index in [0.29, 0.717) is 12.1 Å². The maximum Gasteiger partial charge on any atom is 0.354 e. The van der Waals surface area contributed by atoms with E-state index in [0.717, 1.165) is 31.2 Å². The summed E-state index contributed by atoms with van der Waals surface area (Å²) in [4.78, 5) is 29.6. The molecule has 1 atom stereocenters. The average molecular weight is 350 g/mol. The summed E-state index contributed by atoms with van der Waals surface area (Å²) in [5.41, 5.74) is 1.48. The molecule has 1 unspecified atom stereocenters. The van der Waals surface area contributed by atoms with Gasteiger partial charge in [-0.1, -0.05) is 55.3 Å². The van der Waals surface area contributed by atoms with Crippen LogP contribution >= 0.6 is 0 Å². The number of carboxylic acid groups (broad SMARTS) is 1. The van der Waals surface area contributed by atoms with Crippen molar-refractivity contribution < 1.29 is 14.7 Å². The largest absolute Gasteiger partial charge is 0.477 e. The van der Waals surface area contributed by atoms with Crippen LogP contribution in [0.5, 0.6) is 0 Å². The normalized spacial score (nSPS) is 17.8. The Kier molecular flexibility index (Phi) is 5.79. The molecule has 1 aromatic heterocycles. The fourth-order valence-corrected chi connectivity index (χ4v) is 3.19. The molecule has 1 fully saturated rings. The average Bonchev–Trinajstić information content (AvgIpc) is 2.92. The minimum atomic E-state index is -1.09. The Hall–Kier alpha value is -2.95. The SMILES string of the molecule is O=C(O)c1ccc(C(=O)N2CCCCCC2/C=C/c2ccccc2)cn1. The Morgan fingerprint density at radius 2 is 1.88 bits per heavy atom. The molecule has 0 saturated carbocycles. The van der Waals surface area contributed by atoms with Crippen LogP contribution in [-0.4, -0.2) is 39.5 Å². The molecule has 1 amide bonds. The summed E-state index contributed by atoms with van der Waals surface area (Å²) in [5, 5.41) is 8.95. The number of benzene rings is 1. The van der Waals surface area contributed by atoms with Gasteiger partial charge in [0.2, 0.25) is 0 Å². The number of hydrogen-bond acceptors (Lipinski definition) is 3. The standard InChI is InChI=1S/C21H22N2O3/c24-20(17-11-13-19(21(25)26)22-15-17)23-14-6-2-5-9-18(23)12-10-16-7-3-1-4-8-16/h1,3-4,7-8,10-13,15,18H,2,5-6,9,14H2,(H,25,26)/b12-10+. The molecule has 1 N–H and O–H groups in total. The number of likely N-dealkylation sites (tertiary alicyclic amines) is 1. The predicted octanol–water partition coefficient (Wildman–Crippen LogP) is 3.88. The summed E-state index contributed by atoms with van der Waals surface area (Å²) in [6.45, 7) is 0.698. The molecule has 0 aliphatic carbocycles. The van der Waals surface area contributed by atoms with Crippen LogP contribution in [0.2, 0.25) is 0 Å². The second-order valence-electron chi connectivity index (χ2n) is 6.42. The van der Waals surface area contributed by atoms with Crippen LogP contribution in [0.4, 0.5) is 0 Å². The van der Waals surface area contributed by atoms with Crippen molar-refractivity contribution in [3.8, 4) is 0 Å². The van der Waals surface area contributed by atoms with Gasteiger partial charge in [-0.3, -0.25) is 4.79 Å². The van der Waals surface area contributed by atoms with Gasteiger partial charge >= 0.3 is 5.97 Å². The topological polar surface area (TPSA) is 70.5 Å². The smallest absolute Gasteiger partial charge is 0.354 e. The second kappa shape index (κ2) is 8.43. The van der Waals surface area contributed by atoms with E-state index in [1.807, 2.05) is 35.2 Å². The molecule has 2 aromatic rings. The van der Waals surface area contributed by atoms with Crippen molar-refractivity contribution in [2.24, 2.45) is 0 Å². The number of rotatable bonds is 4. The van der Waals surface area contributed by atoms with Crippen molar-refractivity contribution in [2.45, 2.75) is 31.7 Å². The summed E-state index contributed by atoms with van der Waals surface area (Å²) in [6.07, 6.45) is 9.60. The molecule has 26 heavy (non-hydrogen) atoms. The van der Waals surface area contributed by atoms with Crippen LogP contribution in [0.1, 0.15) is 52.1 Å². The molecule has 0 radical (unpaired) electrons. The zero-order valence-electron chi connectivity index (χ0n) is 14.5. The molecule has 0 bridgehead atoms. The lowest BCUT2D eigenvalue weighted by molar-refractivity contribution is 0.0683. The number of pyridine rings is 1. The molecule has 3 rings (SSSR count). The van der Waals surface area contributed by atoms with Crippen molar-refractivity contribution >= 4 is 18.0 Å². The van der Waals surface area contributed by atoms with E-state index in [9.17, 15) is 9.59 Å². The molecule has 1 aliphatic heterocycles. The van der Waals surface area contributed by atoms with Crippen molar-refractivity contribution in [1.29, 1.82) is 0 Å². The van der Waals surface area contributed by atoms with Crippen LogP contribution in [-0.2, 0) is 0 Å². The van der Waals surface area contributed by atoms with E-state index in [4.69, 9.17) is 5.11 Å². The zero-order chi connectivity index (χ0) is 18.4. The van der Waals surface area contributed by atoms with E-state index in [2.05, 4.69) is 17.1 Å². The highest BCUT2D eigenvalue weighted by Gasteiger charge is 2.25. The lowest BCUT2D eigenvalue weighted by Gasteiger charge is -2.28. The fourth-order valence-electron chi connectivity index (χ4n) is 3.19. The van der Waals surface area contributed by atoms with Crippen LogP contribution in [0.25, 0.3) is 6.08 Å². The van der Waals surface area contributed by atoms with Gasteiger partial charge in [-0.25, -0.2) is 9.78 Å². The Labute approximate surface area is 153 Å². The van der Waals surface area contributed by atoms with Gasteiger partial charge < -0.3 is 10.0 Å². The fraction of sp³-hybridized carbons (Fsp3) is 0.286. The Morgan fingerprint density at radius 3 is 2.58 bits per heavy atom. The van der Waals surface area contributed by atoms with Gasteiger partial charge in [0.1, 0.15) is 5.69 Å². The first-order chi connectivity index (χ1) is 12.6. The Morgan fingerprint density at radius 1 is 1.08 bits per heavy atom. The molecule has 134 valence electrons. The van der Waals surface area contributed by atoms with Gasteiger partial charge in [0.25, 0.3) is 5.91 Å². The lowest BCUT2D eigenvalue weighted by atomic mass is 10.1. The highest BCUT2D eigenvalue weighted by Crippen LogP contribution is 2.21. The predicted molar refractivity (Wildman–Crippen MR) is 100.0 cm³/mol. The lowest BCUT2D eigenvalue weighted by Crippen LogP contribution is -2.39. The maximum atomic E-state index is 13.0. The summed E-state index contributed by atoms with van der Waals surface area (Å²) >= 11 is 0. The number of hydrogen-bond donors (Lipinski definition) is 1. The number of carboxylic acids is 1. The van der Waals surface area contributed by atoms with Crippen LogP contribution in [0.15, 0.2) is 54.7 Å². The highest BCUT2D eigenvalue weighted by molar-refractivity contribution is 5.95. The van der Waals surface area contributed by atoms with Gasteiger partial charge in [-0.15, -0.1) is 0 Å². The molecule has 0 spiro atoms. The number of amides is 1. The monoisotopic (exact) mass is 350 g/mol. The van der Waals surface area contributed by atoms with Gasteiger partial charge in [0.05, 0.1) is 11.6 Å². The van der Waals surface area contributed by atoms with Gasteiger partial charge in [0, 0.05) is 12.7 Å². The summed E-state index contributed by atoms with van der Waals surface area (Å²) in [7, 11) is 0. The van der Waals surface area contributed by atoms with Gasteiger partial charge in [0.15, 0.2) is 0 Å². The second-order valence-corrected chi connectivity index (χ2v) is 6.42. The molecule has 2 heterocycles.